The molecule has 32 heavy (non-hydrogen) atoms. The highest BCUT2D eigenvalue weighted by atomic mass is 35.5. The molecule has 0 aromatic heterocycles. The first-order chi connectivity index (χ1) is 14.9. The molecule has 0 heterocycles. The maximum Gasteiger partial charge on any atom is 0.269 e. The molecule has 0 saturated carbocycles. The molecule has 0 radical (unpaired) electrons. The van der Waals surface area contributed by atoms with Crippen LogP contribution in [0, 0.1) is 10.1 Å². The van der Waals surface area contributed by atoms with Crippen molar-refractivity contribution in [3.8, 4) is 0 Å². The van der Waals surface area contributed by atoms with Gasteiger partial charge in [0.1, 0.15) is 0 Å². The average Bonchev–Trinajstić information content (AvgIpc) is 2.73. The van der Waals surface area contributed by atoms with E-state index in [-0.39, 0.29) is 36.6 Å². The highest BCUT2D eigenvalue weighted by Crippen LogP contribution is 2.26. The molecular formula is C20H15ClN2O7S2. The van der Waals surface area contributed by atoms with E-state index in [9.17, 15) is 31.7 Å². The van der Waals surface area contributed by atoms with Crippen molar-refractivity contribution in [2.75, 3.05) is 11.6 Å². The molecule has 166 valence electrons. The van der Waals surface area contributed by atoms with E-state index >= 15 is 0 Å². The molecule has 0 fully saturated rings. The van der Waals surface area contributed by atoms with E-state index in [0.717, 1.165) is 36.6 Å². The number of nitrogens with one attached hydrogen (secondary N) is 1. The van der Waals surface area contributed by atoms with E-state index in [4.69, 9.17) is 11.6 Å². The minimum absolute atomic E-state index is 0.00939. The van der Waals surface area contributed by atoms with Gasteiger partial charge in [-0.25, -0.2) is 16.8 Å². The third-order valence-electron chi connectivity index (χ3n) is 4.37. The SMILES string of the molecule is CS(=O)(=O)c1cc(C(=O)Nc2ccc(S(=O)(=O)c3ccc([N+](=O)[O-])cc3)cc2)ccc1Cl. The summed E-state index contributed by atoms with van der Waals surface area (Å²) in [7, 11) is -7.56. The summed E-state index contributed by atoms with van der Waals surface area (Å²) in [4.78, 5) is 22.2. The summed E-state index contributed by atoms with van der Waals surface area (Å²) in [6, 6.07) is 13.6. The zero-order valence-corrected chi connectivity index (χ0v) is 18.7. The summed E-state index contributed by atoms with van der Waals surface area (Å²) >= 11 is 5.88. The molecule has 3 aromatic rings. The Hall–Kier alpha value is -3.28. The number of hydrogen-bond donors (Lipinski definition) is 1. The normalized spacial score (nSPS) is 11.7. The summed E-state index contributed by atoms with van der Waals surface area (Å²) in [6.45, 7) is 0. The molecule has 1 N–H and O–H groups in total. The monoisotopic (exact) mass is 494 g/mol. The topological polar surface area (TPSA) is 141 Å². The van der Waals surface area contributed by atoms with Crippen molar-refractivity contribution in [2.45, 2.75) is 14.7 Å². The van der Waals surface area contributed by atoms with Gasteiger partial charge in [-0.2, -0.15) is 0 Å². The number of sulfone groups is 2. The quantitative estimate of drug-likeness (QED) is 0.406. The molecule has 12 heteroatoms. The van der Waals surface area contributed by atoms with E-state index < -0.39 is 30.5 Å². The first-order valence-corrected chi connectivity index (χ1v) is 12.6. The van der Waals surface area contributed by atoms with Gasteiger partial charge in [-0.15, -0.1) is 0 Å². The summed E-state index contributed by atoms with van der Waals surface area (Å²) in [5, 5.41) is 13.3. The van der Waals surface area contributed by atoms with Gasteiger partial charge in [0.2, 0.25) is 9.84 Å². The van der Waals surface area contributed by atoms with Crippen molar-refractivity contribution in [2.24, 2.45) is 0 Å². The number of amides is 1. The molecule has 0 saturated heterocycles. The molecular weight excluding hydrogens is 480 g/mol. The number of carbonyl (C=O) groups excluding carboxylic acids is 1. The van der Waals surface area contributed by atoms with Gasteiger partial charge in [-0.3, -0.25) is 14.9 Å². The van der Waals surface area contributed by atoms with Crippen LogP contribution in [0.3, 0.4) is 0 Å². The van der Waals surface area contributed by atoms with Crippen molar-refractivity contribution >= 4 is 48.6 Å². The Kier molecular flexibility index (Phi) is 6.35. The molecule has 0 aliphatic rings. The summed E-state index contributed by atoms with van der Waals surface area (Å²) < 4.78 is 49.0. The second-order valence-electron chi connectivity index (χ2n) is 6.65. The lowest BCUT2D eigenvalue weighted by molar-refractivity contribution is -0.384. The molecule has 1 amide bonds. The second kappa shape index (κ2) is 8.69. The first kappa shape index (κ1) is 23.4. The Morgan fingerprint density at radius 3 is 1.94 bits per heavy atom. The molecule has 0 atom stereocenters. The highest BCUT2D eigenvalue weighted by molar-refractivity contribution is 7.91. The van der Waals surface area contributed by atoms with E-state index in [0.29, 0.717) is 0 Å². The van der Waals surface area contributed by atoms with Crippen LogP contribution in [0.5, 0.6) is 0 Å². The van der Waals surface area contributed by atoms with E-state index in [1.165, 1.54) is 36.4 Å². The number of benzene rings is 3. The minimum atomic E-state index is -3.92. The van der Waals surface area contributed by atoms with Crippen LogP contribution < -0.4 is 5.32 Å². The number of rotatable bonds is 6. The van der Waals surface area contributed by atoms with Crippen LogP contribution in [-0.2, 0) is 19.7 Å². The number of hydrogen-bond acceptors (Lipinski definition) is 7. The van der Waals surface area contributed by atoms with Crippen LogP contribution in [0.1, 0.15) is 10.4 Å². The van der Waals surface area contributed by atoms with Gasteiger partial charge in [0.25, 0.3) is 11.6 Å². The van der Waals surface area contributed by atoms with Crippen LogP contribution in [0.2, 0.25) is 5.02 Å². The maximum absolute atomic E-state index is 12.7. The highest BCUT2D eigenvalue weighted by Gasteiger charge is 2.20. The van der Waals surface area contributed by atoms with Crippen LogP contribution in [0.25, 0.3) is 0 Å². The molecule has 0 unspecified atom stereocenters. The summed E-state index contributed by atoms with van der Waals surface area (Å²) in [6.07, 6.45) is 0.972. The fraction of sp³-hybridized carbons (Fsp3) is 0.0500. The van der Waals surface area contributed by atoms with Gasteiger partial charge in [-0.1, -0.05) is 11.6 Å². The second-order valence-corrected chi connectivity index (χ2v) is 11.0. The first-order valence-electron chi connectivity index (χ1n) is 8.80. The molecule has 9 nitrogen and oxygen atoms in total. The van der Waals surface area contributed by atoms with Crippen LogP contribution >= 0.6 is 11.6 Å². The molecule has 0 spiro atoms. The third kappa shape index (κ3) is 4.96. The van der Waals surface area contributed by atoms with Crippen LogP contribution in [0.15, 0.2) is 81.4 Å². The molecule has 0 aliphatic heterocycles. The van der Waals surface area contributed by atoms with Crippen molar-refractivity contribution in [3.63, 3.8) is 0 Å². The fourth-order valence-corrected chi connectivity index (χ4v) is 5.29. The predicted molar refractivity (Wildman–Crippen MR) is 118 cm³/mol. The minimum Gasteiger partial charge on any atom is -0.322 e. The summed E-state index contributed by atoms with van der Waals surface area (Å²) in [5.74, 6) is -0.613. The van der Waals surface area contributed by atoms with Gasteiger partial charge in [-0.05, 0) is 54.6 Å². The van der Waals surface area contributed by atoms with Crippen molar-refractivity contribution in [1.82, 2.24) is 0 Å². The number of carbonyl (C=O) groups is 1. The van der Waals surface area contributed by atoms with Gasteiger partial charge in [0.15, 0.2) is 9.84 Å². The molecule has 3 rings (SSSR count). The maximum atomic E-state index is 12.7. The van der Waals surface area contributed by atoms with Crippen LogP contribution in [0.4, 0.5) is 11.4 Å². The lowest BCUT2D eigenvalue weighted by Crippen LogP contribution is -2.13. The van der Waals surface area contributed by atoms with Gasteiger partial charge < -0.3 is 5.32 Å². The number of non-ortho nitro benzene ring substituents is 1. The average molecular weight is 495 g/mol. The van der Waals surface area contributed by atoms with Crippen molar-refractivity contribution in [3.05, 3.63) is 87.4 Å². The zero-order valence-electron chi connectivity index (χ0n) is 16.4. The van der Waals surface area contributed by atoms with Crippen LogP contribution in [-0.4, -0.2) is 33.9 Å². The molecule has 0 bridgehead atoms. The van der Waals surface area contributed by atoms with Crippen molar-refractivity contribution in [1.29, 1.82) is 0 Å². The Bertz CT molecular complexity index is 1420. The van der Waals surface area contributed by atoms with Gasteiger partial charge >= 0.3 is 0 Å². The number of halogens is 1. The van der Waals surface area contributed by atoms with Gasteiger partial charge in [0.05, 0.1) is 24.6 Å². The van der Waals surface area contributed by atoms with Gasteiger partial charge in [0, 0.05) is 29.6 Å². The van der Waals surface area contributed by atoms with E-state index in [1.807, 2.05) is 0 Å². The Balaban J connectivity index is 1.81. The number of nitrogens with zero attached hydrogens (tertiary/aromatic N) is 1. The molecule has 0 aliphatic carbocycles. The zero-order chi connectivity index (χ0) is 23.7. The lowest BCUT2D eigenvalue weighted by atomic mass is 10.2. The predicted octanol–water partition coefficient (Wildman–Crippen LogP) is 3.74. The third-order valence-corrected chi connectivity index (χ3v) is 7.74. The number of nitro groups is 1. The lowest BCUT2D eigenvalue weighted by Gasteiger charge is -2.09. The van der Waals surface area contributed by atoms with E-state index in [2.05, 4.69) is 5.32 Å². The molecule has 3 aromatic carbocycles. The fourth-order valence-electron chi connectivity index (χ4n) is 2.73. The summed E-state index contributed by atoms with van der Waals surface area (Å²) in [5.41, 5.74) is 0.0918. The standard InChI is InChI=1S/C20H15ClN2O7S2/c1-31(27,28)19-12-13(2-11-18(19)21)20(24)22-14-3-7-16(8-4-14)32(29,30)17-9-5-15(6-10-17)23(25)26/h2-12H,1H3,(H,22,24). The smallest absolute Gasteiger partial charge is 0.269 e. The van der Waals surface area contributed by atoms with Crippen molar-refractivity contribution < 1.29 is 26.6 Å². The largest absolute Gasteiger partial charge is 0.322 e. The van der Waals surface area contributed by atoms with E-state index in [1.54, 1.807) is 0 Å². The number of nitro benzene ring substituents is 1. The Morgan fingerprint density at radius 1 is 0.906 bits per heavy atom. The Labute approximate surface area is 188 Å². The number of anilines is 1. The Morgan fingerprint density at radius 2 is 1.44 bits per heavy atom.